The number of aliphatic hydroxyl groups excluding tert-OH is 1. The van der Waals surface area contributed by atoms with E-state index in [9.17, 15) is 14.7 Å². The predicted molar refractivity (Wildman–Crippen MR) is 132 cm³/mol. The molecular weight excluding hydrogens is 430 g/mol. The van der Waals surface area contributed by atoms with Crippen LogP contribution >= 0.6 is 0 Å². The van der Waals surface area contributed by atoms with E-state index in [1.807, 2.05) is 45.0 Å². The van der Waals surface area contributed by atoms with Gasteiger partial charge in [0.05, 0.1) is 24.8 Å². The van der Waals surface area contributed by atoms with Gasteiger partial charge in [0.25, 0.3) is 11.7 Å². The number of hydrogen-bond donors (Lipinski definition) is 2. The third-order valence-corrected chi connectivity index (χ3v) is 7.14. The van der Waals surface area contributed by atoms with Gasteiger partial charge in [0.15, 0.2) is 0 Å². The summed E-state index contributed by atoms with van der Waals surface area (Å²) in [5.74, 6) is -0.926. The highest BCUT2D eigenvalue weighted by molar-refractivity contribution is 6.46. The SMILES string of the molecule is Cc1[nH]c(C)c(/C(O)=C2\C(=O)C(=O)N(CCN3CCOCC3)C2c2ccc(C(C)C)cc2)c1C. The van der Waals surface area contributed by atoms with Gasteiger partial charge in [0, 0.05) is 43.1 Å². The fourth-order valence-electron chi connectivity index (χ4n) is 4.99. The van der Waals surface area contributed by atoms with Gasteiger partial charge in [-0.3, -0.25) is 14.5 Å². The number of Topliss-reactive ketones (excluding diaryl/α,β-unsaturated/α-hetero) is 1. The van der Waals surface area contributed by atoms with Gasteiger partial charge in [-0.2, -0.15) is 0 Å². The molecule has 2 aromatic rings. The van der Waals surface area contributed by atoms with Crippen molar-refractivity contribution in [3.8, 4) is 0 Å². The molecule has 0 bridgehead atoms. The van der Waals surface area contributed by atoms with Crippen LogP contribution in [0.15, 0.2) is 29.8 Å². The van der Waals surface area contributed by atoms with Crippen LogP contribution in [0.5, 0.6) is 0 Å². The molecule has 2 fully saturated rings. The number of benzene rings is 1. The molecule has 2 saturated heterocycles. The van der Waals surface area contributed by atoms with Gasteiger partial charge in [0.2, 0.25) is 0 Å². The minimum absolute atomic E-state index is 0.107. The molecule has 7 heteroatoms. The number of carbonyl (C=O) groups is 2. The number of aliphatic hydroxyl groups is 1. The van der Waals surface area contributed by atoms with Crippen molar-refractivity contribution in [1.82, 2.24) is 14.8 Å². The fourth-order valence-corrected chi connectivity index (χ4v) is 4.99. The molecule has 1 aromatic carbocycles. The molecule has 2 aliphatic heterocycles. The van der Waals surface area contributed by atoms with Crippen LogP contribution in [-0.4, -0.2) is 71.0 Å². The molecule has 0 aliphatic carbocycles. The Morgan fingerprint density at radius 1 is 1.06 bits per heavy atom. The highest BCUT2D eigenvalue weighted by Crippen LogP contribution is 2.41. The van der Waals surface area contributed by atoms with Crippen LogP contribution in [0.3, 0.4) is 0 Å². The van der Waals surface area contributed by atoms with Crippen molar-refractivity contribution in [2.75, 3.05) is 39.4 Å². The number of nitrogens with zero attached hydrogens (tertiary/aromatic N) is 2. The largest absolute Gasteiger partial charge is 0.507 e. The number of carbonyl (C=O) groups excluding carboxylic acids is 2. The normalized spacial score (nSPS) is 21.1. The minimum atomic E-state index is -0.630. The smallest absolute Gasteiger partial charge is 0.295 e. The molecule has 1 atom stereocenters. The van der Waals surface area contributed by atoms with Crippen LogP contribution in [0.1, 0.15) is 59.4 Å². The van der Waals surface area contributed by atoms with Crippen molar-refractivity contribution < 1.29 is 19.4 Å². The lowest BCUT2D eigenvalue weighted by Crippen LogP contribution is -2.42. The van der Waals surface area contributed by atoms with Crippen LogP contribution in [0.25, 0.3) is 5.76 Å². The van der Waals surface area contributed by atoms with Gasteiger partial charge in [-0.15, -0.1) is 0 Å². The molecule has 0 saturated carbocycles. The van der Waals surface area contributed by atoms with Crippen molar-refractivity contribution in [3.63, 3.8) is 0 Å². The van der Waals surface area contributed by atoms with Gasteiger partial charge in [-0.1, -0.05) is 38.1 Å². The quantitative estimate of drug-likeness (QED) is 0.385. The zero-order valence-electron chi connectivity index (χ0n) is 20.8. The fraction of sp³-hybridized carbons (Fsp3) is 0.481. The maximum absolute atomic E-state index is 13.3. The Bertz CT molecular complexity index is 1110. The van der Waals surface area contributed by atoms with Crippen LogP contribution < -0.4 is 0 Å². The third-order valence-electron chi connectivity index (χ3n) is 7.14. The Hall–Kier alpha value is -2.90. The van der Waals surface area contributed by atoms with E-state index in [1.54, 1.807) is 4.90 Å². The van der Waals surface area contributed by atoms with Gasteiger partial charge in [-0.05, 0) is 43.4 Å². The molecular formula is C27H35N3O4. The summed E-state index contributed by atoms with van der Waals surface area (Å²) in [5, 5.41) is 11.4. The van der Waals surface area contributed by atoms with Crippen LogP contribution in [0.2, 0.25) is 0 Å². The second kappa shape index (κ2) is 9.76. The van der Waals surface area contributed by atoms with Crippen molar-refractivity contribution in [1.29, 1.82) is 0 Å². The van der Waals surface area contributed by atoms with E-state index in [0.29, 0.717) is 37.8 Å². The summed E-state index contributed by atoms with van der Waals surface area (Å²) in [5.41, 5.74) is 5.36. The molecule has 7 nitrogen and oxygen atoms in total. The number of rotatable bonds is 6. The number of likely N-dealkylation sites (tertiary alicyclic amines) is 1. The lowest BCUT2D eigenvalue weighted by molar-refractivity contribution is -0.140. The molecule has 34 heavy (non-hydrogen) atoms. The predicted octanol–water partition coefficient (Wildman–Crippen LogP) is 3.82. The second-order valence-electron chi connectivity index (χ2n) is 9.64. The van der Waals surface area contributed by atoms with E-state index in [1.165, 1.54) is 5.56 Å². The number of nitrogens with one attached hydrogen (secondary N) is 1. The Labute approximate surface area is 201 Å². The maximum atomic E-state index is 13.3. The summed E-state index contributed by atoms with van der Waals surface area (Å²) in [6.45, 7) is 14.0. The number of hydrogen-bond acceptors (Lipinski definition) is 5. The lowest BCUT2D eigenvalue weighted by Gasteiger charge is -2.31. The number of H-pyrrole nitrogens is 1. The monoisotopic (exact) mass is 465 g/mol. The average Bonchev–Trinajstić information content (AvgIpc) is 3.23. The molecule has 3 heterocycles. The highest BCUT2D eigenvalue weighted by atomic mass is 16.5. The Balaban J connectivity index is 1.78. The van der Waals surface area contributed by atoms with Crippen molar-refractivity contribution >= 4 is 17.4 Å². The van der Waals surface area contributed by atoms with E-state index in [0.717, 1.165) is 35.6 Å². The molecule has 1 amide bonds. The molecule has 2 N–H and O–H groups in total. The zero-order chi connectivity index (χ0) is 24.6. The molecule has 0 radical (unpaired) electrons. The Kier molecular flexibility index (Phi) is 6.96. The number of ketones is 1. The van der Waals surface area contributed by atoms with Crippen LogP contribution in [0.4, 0.5) is 0 Å². The van der Waals surface area contributed by atoms with E-state index >= 15 is 0 Å². The van der Waals surface area contributed by atoms with Crippen LogP contribution in [-0.2, 0) is 14.3 Å². The Morgan fingerprint density at radius 2 is 1.71 bits per heavy atom. The molecule has 4 rings (SSSR count). The first-order chi connectivity index (χ1) is 16.2. The number of aryl methyl sites for hydroxylation is 2. The lowest BCUT2D eigenvalue weighted by atomic mass is 9.92. The molecule has 1 unspecified atom stereocenters. The number of ether oxygens (including phenoxy) is 1. The summed E-state index contributed by atoms with van der Waals surface area (Å²) in [4.78, 5) is 33.7. The summed E-state index contributed by atoms with van der Waals surface area (Å²) in [6, 6.07) is 7.40. The third kappa shape index (κ3) is 4.42. The van der Waals surface area contributed by atoms with E-state index in [2.05, 4.69) is 23.7 Å². The molecule has 0 spiro atoms. The summed E-state index contributed by atoms with van der Waals surface area (Å²) >= 11 is 0. The molecule has 1 aromatic heterocycles. The number of aromatic amines is 1. The van der Waals surface area contributed by atoms with Gasteiger partial charge < -0.3 is 19.7 Å². The first-order valence-electron chi connectivity index (χ1n) is 12.0. The summed E-state index contributed by atoms with van der Waals surface area (Å²) < 4.78 is 5.43. The van der Waals surface area contributed by atoms with E-state index < -0.39 is 17.7 Å². The van der Waals surface area contributed by atoms with Crippen LogP contribution in [0, 0.1) is 20.8 Å². The average molecular weight is 466 g/mol. The molecule has 182 valence electrons. The minimum Gasteiger partial charge on any atom is -0.507 e. The number of amides is 1. The zero-order valence-corrected chi connectivity index (χ0v) is 20.8. The van der Waals surface area contributed by atoms with E-state index in [-0.39, 0.29) is 11.3 Å². The van der Waals surface area contributed by atoms with Crippen molar-refractivity contribution in [3.05, 3.63) is 63.5 Å². The topological polar surface area (TPSA) is 85.9 Å². The van der Waals surface area contributed by atoms with E-state index in [4.69, 9.17) is 4.74 Å². The molecule has 2 aliphatic rings. The highest BCUT2D eigenvalue weighted by Gasteiger charge is 2.46. The Morgan fingerprint density at radius 3 is 2.26 bits per heavy atom. The van der Waals surface area contributed by atoms with Crippen molar-refractivity contribution in [2.24, 2.45) is 0 Å². The standard InChI is InChI=1S/C27H35N3O4/c1-16(2)20-6-8-21(9-7-20)24-23(25(31)22-17(3)18(4)28-19(22)5)26(32)27(33)30(24)11-10-29-12-14-34-15-13-29/h6-9,16,24,28,31H,10-15H2,1-5H3/b25-23+. The summed E-state index contributed by atoms with van der Waals surface area (Å²) in [7, 11) is 0. The van der Waals surface area contributed by atoms with Crippen molar-refractivity contribution in [2.45, 2.75) is 46.6 Å². The maximum Gasteiger partial charge on any atom is 0.295 e. The number of aromatic nitrogens is 1. The summed E-state index contributed by atoms with van der Waals surface area (Å²) in [6.07, 6.45) is 0. The first-order valence-corrected chi connectivity index (χ1v) is 12.0. The number of morpholine rings is 1. The first kappa shape index (κ1) is 24.2. The van der Waals surface area contributed by atoms with Gasteiger partial charge in [0.1, 0.15) is 5.76 Å². The van der Waals surface area contributed by atoms with Gasteiger partial charge >= 0.3 is 0 Å². The second-order valence-corrected chi connectivity index (χ2v) is 9.64. The van der Waals surface area contributed by atoms with Gasteiger partial charge in [-0.25, -0.2) is 0 Å².